The first-order chi connectivity index (χ1) is 30.1. The molecule has 0 spiro atoms. The highest BCUT2D eigenvalue weighted by Crippen LogP contribution is 2.43. The number of nitrogens with zero attached hydrogens (tertiary/aromatic N) is 5. The van der Waals surface area contributed by atoms with Gasteiger partial charge in [-0.1, -0.05) is 78.0 Å². The molecule has 3 aromatic carbocycles. The van der Waals surface area contributed by atoms with Crippen molar-refractivity contribution in [3.8, 4) is 11.4 Å². The molecule has 8 rings (SSSR count). The van der Waals surface area contributed by atoms with E-state index in [-0.39, 0.29) is 24.8 Å². The Bertz CT molecular complexity index is 3170. The number of para-hydroxylation sites is 2. The largest absolute Gasteiger partial charge is 0.273 e. The van der Waals surface area contributed by atoms with E-state index in [0.717, 1.165) is 37.6 Å². The second kappa shape index (κ2) is 18.6. The molecule has 0 aliphatic carbocycles. The normalized spacial score (nSPS) is 12.8. The fourth-order valence-electron chi connectivity index (χ4n) is 6.54. The number of sulfonamides is 2. The second-order valence-corrected chi connectivity index (χ2v) is 24.0. The van der Waals surface area contributed by atoms with E-state index >= 15 is 9.59 Å². The van der Waals surface area contributed by atoms with Crippen LogP contribution in [0.3, 0.4) is 0 Å². The minimum atomic E-state index is -4.66. The molecule has 0 aliphatic rings. The van der Waals surface area contributed by atoms with Gasteiger partial charge in [-0.3, -0.25) is 9.59 Å². The molecule has 2 amide bonds. The molecular weight excluding hydrogens is 958 g/mol. The molecular formula is C42H34ClN7O6S7. The Balaban J connectivity index is 1.25. The van der Waals surface area contributed by atoms with Gasteiger partial charge < -0.3 is 0 Å². The summed E-state index contributed by atoms with van der Waals surface area (Å²) < 4.78 is 65.8. The third kappa shape index (κ3) is 10.0. The minimum absolute atomic E-state index is 0.0977. The molecule has 8 aromatic rings. The summed E-state index contributed by atoms with van der Waals surface area (Å²) >= 11 is 12.4. The lowest BCUT2D eigenvalue weighted by Gasteiger charge is -2.27. The summed E-state index contributed by atoms with van der Waals surface area (Å²) in [7, 11) is -9.24. The summed E-state index contributed by atoms with van der Waals surface area (Å²) in [5.41, 5.74) is 2.88. The maximum Gasteiger partial charge on any atom is 0.273 e. The molecule has 2 N–H and O–H groups in total. The van der Waals surface area contributed by atoms with Gasteiger partial charge in [0.25, 0.3) is 20.0 Å². The summed E-state index contributed by atoms with van der Waals surface area (Å²) in [5, 5.41) is 11.4. The Morgan fingerprint density at radius 1 is 0.635 bits per heavy atom. The molecule has 0 saturated carbocycles. The molecule has 0 aliphatic heterocycles. The van der Waals surface area contributed by atoms with Gasteiger partial charge in [0.15, 0.2) is 4.34 Å². The molecule has 13 nitrogen and oxygen atoms in total. The molecule has 322 valence electrons. The van der Waals surface area contributed by atoms with Crippen LogP contribution in [0, 0.1) is 20.8 Å². The number of thiophene rings is 2. The van der Waals surface area contributed by atoms with E-state index in [0.29, 0.717) is 31.2 Å². The van der Waals surface area contributed by atoms with Gasteiger partial charge in [-0.05, 0) is 99.3 Å². The number of rotatable bonds is 15. The quantitative estimate of drug-likeness (QED) is 0.100. The summed E-state index contributed by atoms with van der Waals surface area (Å²) in [5.74, 6) is -5.75. The number of hydrogen-bond donors (Lipinski definition) is 2. The van der Waals surface area contributed by atoms with Crippen molar-refractivity contribution in [2.75, 3.05) is 0 Å². The fraction of sp³-hybridized carbons (Fsp3) is 0.119. The van der Waals surface area contributed by atoms with Gasteiger partial charge >= 0.3 is 0 Å². The van der Waals surface area contributed by atoms with Crippen LogP contribution in [0.1, 0.15) is 40.3 Å². The van der Waals surface area contributed by atoms with E-state index in [1.165, 1.54) is 56.4 Å². The molecule has 0 radical (unpaired) electrons. The van der Waals surface area contributed by atoms with Crippen LogP contribution in [0.5, 0.6) is 0 Å². The van der Waals surface area contributed by atoms with Crippen LogP contribution in [-0.4, -0.2) is 53.2 Å². The number of thiazole rings is 1. The fourth-order valence-corrected chi connectivity index (χ4v) is 15.3. The number of carbonyl (C=O) groups excluding carboxylic acids is 2. The number of halogens is 1. The van der Waals surface area contributed by atoms with Crippen LogP contribution in [0.4, 0.5) is 0 Å². The van der Waals surface area contributed by atoms with Gasteiger partial charge in [-0.2, -0.15) is 10.2 Å². The lowest BCUT2D eigenvalue weighted by molar-refractivity contribution is -0.127. The van der Waals surface area contributed by atoms with E-state index in [2.05, 4.69) is 24.6 Å². The molecule has 2 atom stereocenters. The number of carbonyl (C=O) groups is 2. The summed E-state index contributed by atoms with van der Waals surface area (Å²) in [6.45, 7) is 5.23. The Morgan fingerprint density at radius 3 is 1.65 bits per heavy atom. The van der Waals surface area contributed by atoms with Gasteiger partial charge in [0.1, 0.15) is 8.42 Å². The number of nitrogens with one attached hydrogen (secondary N) is 2. The van der Waals surface area contributed by atoms with E-state index in [9.17, 15) is 16.8 Å². The van der Waals surface area contributed by atoms with Crippen molar-refractivity contribution in [3.05, 3.63) is 160 Å². The summed E-state index contributed by atoms with van der Waals surface area (Å²) in [6, 6.07) is 34.2. The van der Waals surface area contributed by atoms with Crippen LogP contribution < -0.4 is 9.44 Å². The van der Waals surface area contributed by atoms with Gasteiger partial charge in [0, 0.05) is 16.0 Å². The van der Waals surface area contributed by atoms with Crippen LogP contribution in [0.2, 0.25) is 5.02 Å². The SMILES string of the molecule is Cc1csc(Sc2ccc(S(=O)(=O)NC(=O)C(c3cc(C)nn3-c3ccccc3)C(C(=O)NS(=O)(=O)c3cc(Cl)c(Sc4ccccc4)s3)c3cc(C)nn3-c3ccccc3)s2)n1. The minimum Gasteiger partial charge on any atom is -0.273 e. The molecule has 21 heteroatoms. The van der Waals surface area contributed by atoms with Crippen molar-refractivity contribution in [2.24, 2.45) is 0 Å². The Kier molecular flexibility index (Phi) is 13.1. The average Bonchev–Trinajstić information content (AvgIpc) is 4.11. The predicted molar refractivity (Wildman–Crippen MR) is 248 cm³/mol. The number of amides is 2. The van der Waals surface area contributed by atoms with Crippen LogP contribution in [0.25, 0.3) is 11.4 Å². The third-order valence-corrected chi connectivity index (χ3v) is 19.0. The Morgan fingerprint density at radius 2 is 1.14 bits per heavy atom. The Hall–Kier alpha value is -5.06. The highest BCUT2D eigenvalue weighted by molar-refractivity contribution is 8.03. The van der Waals surface area contributed by atoms with Gasteiger partial charge in [0.05, 0.1) is 59.4 Å². The van der Waals surface area contributed by atoms with Crippen LogP contribution in [-0.2, 0) is 29.6 Å². The molecule has 5 heterocycles. The van der Waals surface area contributed by atoms with Crippen LogP contribution in [0.15, 0.2) is 153 Å². The molecule has 0 saturated heterocycles. The van der Waals surface area contributed by atoms with E-state index in [1.807, 2.05) is 42.6 Å². The third-order valence-electron chi connectivity index (χ3n) is 9.18. The molecule has 5 aromatic heterocycles. The van der Waals surface area contributed by atoms with Gasteiger partial charge in [0.2, 0.25) is 11.8 Å². The lowest BCUT2D eigenvalue weighted by atomic mass is 9.84. The van der Waals surface area contributed by atoms with Crippen molar-refractivity contribution in [2.45, 2.75) is 58.7 Å². The Labute approximate surface area is 388 Å². The second-order valence-electron chi connectivity index (χ2n) is 13.9. The monoisotopic (exact) mass is 991 g/mol. The maximum atomic E-state index is 15.2. The van der Waals surface area contributed by atoms with E-state index in [1.54, 1.807) is 92.7 Å². The standard InChI is InChI=1S/C42H34ClN7O6S7/c1-25-21-32(49(45-25)28-13-7-4-8-14-28)37(39(51)47-62(53,54)35-20-19-34(59-35)60-42-44-27(3)24-57-42)38(33-22-26(2)46-50(33)29-15-9-5-10-16-29)40(52)48-63(55,56)36-23-31(43)41(61-36)58-30-17-11-6-12-18-30/h4-24,37-38H,1-3H3,(H,47,51)(H,48,52). The highest BCUT2D eigenvalue weighted by atomic mass is 35.5. The van der Waals surface area contributed by atoms with Crippen molar-refractivity contribution >= 4 is 101 Å². The summed E-state index contributed by atoms with van der Waals surface area (Å²) in [6.07, 6.45) is 0. The number of hydrogen-bond acceptors (Lipinski definition) is 14. The number of aromatic nitrogens is 5. The first kappa shape index (κ1) is 44.5. The molecule has 63 heavy (non-hydrogen) atoms. The average molecular weight is 993 g/mol. The van der Waals surface area contributed by atoms with Gasteiger partial charge in [-0.25, -0.2) is 40.6 Å². The van der Waals surface area contributed by atoms with Crippen molar-refractivity contribution in [1.82, 2.24) is 34.0 Å². The van der Waals surface area contributed by atoms with E-state index in [4.69, 9.17) is 11.6 Å². The van der Waals surface area contributed by atoms with Gasteiger partial charge in [-0.15, -0.1) is 34.0 Å². The van der Waals surface area contributed by atoms with Crippen molar-refractivity contribution < 1.29 is 26.4 Å². The molecule has 0 fully saturated rings. The molecule has 0 bridgehead atoms. The maximum absolute atomic E-state index is 15.2. The first-order valence-corrected chi connectivity index (χ1v) is 26.2. The van der Waals surface area contributed by atoms with Crippen LogP contribution >= 0.6 is 69.1 Å². The van der Waals surface area contributed by atoms with E-state index < -0.39 is 43.7 Å². The number of benzene rings is 3. The topological polar surface area (TPSA) is 175 Å². The first-order valence-electron chi connectivity index (χ1n) is 18.7. The van der Waals surface area contributed by atoms with Crippen molar-refractivity contribution in [1.29, 1.82) is 0 Å². The zero-order valence-electron chi connectivity index (χ0n) is 33.2. The lowest BCUT2D eigenvalue weighted by Crippen LogP contribution is -2.44. The smallest absolute Gasteiger partial charge is 0.273 e. The zero-order chi connectivity index (χ0) is 44.5. The summed E-state index contributed by atoms with van der Waals surface area (Å²) in [4.78, 5) is 35.6. The highest BCUT2D eigenvalue weighted by Gasteiger charge is 2.44. The zero-order valence-corrected chi connectivity index (χ0v) is 39.7. The van der Waals surface area contributed by atoms with Crippen molar-refractivity contribution in [3.63, 3.8) is 0 Å². The predicted octanol–water partition coefficient (Wildman–Crippen LogP) is 9.40. The number of aryl methyl sites for hydroxylation is 3. The molecule has 2 unspecified atom stereocenters.